The Hall–Kier alpha value is -0.100. The third kappa shape index (κ3) is 1.80. The molecule has 0 amide bonds. The second-order valence-electron chi connectivity index (χ2n) is 3.12. The molecule has 0 saturated carbocycles. The van der Waals surface area contributed by atoms with Crippen molar-refractivity contribution in [3.05, 3.63) is 16.0 Å². The van der Waals surface area contributed by atoms with Crippen LogP contribution in [0.2, 0.25) is 0 Å². The molecule has 1 atom stereocenters. The number of nitrogens with one attached hydrogen (secondary N) is 1. The summed E-state index contributed by atoms with van der Waals surface area (Å²) >= 11 is 2.24. The molecular weight excluding hydrogens is 265 g/mol. The molecular formula is C8H12IN3. The first-order chi connectivity index (χ1) is 5.86. The summed E-state index contributed by atoms with van der Waals surface area (Å²) < 4.78 is 3.16. The van der Waals surface area contributed by atoms with Gasteiger partial charge in [0.05, 0.1) is 6.04 Å². The monoisotopic (exact) mass is 277 g/mol. The second-order valence-corrected chi connectivity index (χ2v) is 4.22. The lowest BCUT2D eigenvalue weighted by atomic mass is 10.1. The highest BCUT2D eigenvalue weighted by molar-refractivity contribution is 14.1. The van der Waals surface area contributed by atoms with Crippen LogP contribution < -0.4 is 5.32 Å². The molecule has 0 radical (unpaired) electrons. The fourth-order valence-corrected chi connectivity index (χ4v) is 1.99. The third-order valence-electron chi connectivity index (χ3n) is 2.22. The van der Waals surface area contributed by atoms with Gasteiger partial charge in [-0.25, -0.2) is 0 Å². The summed E-state index contributed by atoms with van der Waals surface area (Å²) in [5, 5.41) is 7.78. The van der Waals surface area contributed by atoms with E-state index in [0.29, 0.717) is 6.04 Å². The molecule has 2 heterocycles. The summed E-state index contributed by atoms with van der Waals surface area (Å²) in [4.78, 5) is 0. The Morgan fingerprint density at radius 2 is 2.58 bits per heavy atom. The molecule has 12 heavy (non-hydrogen) atoms. The highest BCUT2D eigenvalue weighted by Crippen LogP contribution is 2.15. The van der Waals surface area contributed by atoms with Crippen molar-refractivity contribution in [1.82, 2.24) is 15.1 Å². The van der Waals surface area contributed by atoms with Crippen LogP contribution in [-0.2, 0) is 0 Å². The van der Waals surface area contributed by atoms with Crippen LogP contribution in [0.15, 0.2) is 12.3 Å². The molecule has 0 aliphatic carbocycles. The molecule has 1 saturated heterocycles. The van der Waals surface area contributed by atoms with E-state index in [2.05, 4.69) is 50.0 Å². The normalized spacial score (nSPS) is 24.2. The second kappa shape index (κ2) is 3.74. The first kappa shape index (κ1) is 8.50. The van der Waals surface area contributed by atoms with Crippen LogP contribution in [0.1, 0.15) is 18.9 Å². The molecule has 66 valence electrons. The number of piperidine rings is 1. The van der Waals surface area contributed by atoms with Crippen molar-refractivity contribution in [2.45, 2.75) is 18.9 Å². The standard InChI is InChI=1S/C8H12IN3/c9-8-3-5-12(11-8)7-2-1-4-10-6-7/h3,5,7,10H,1-2,4,6H2/t7-/m1/s1. The van der Waals surface area contributed by atoms with E-state index >= 15 is 0 Å². The smallest absolute Gasteiger partial charge is 0.123 e. The average Bonchev–Trinajstić information content (AvgIpc) is 2.54. The van der Waals surface area contributed by atoms with Gasteiger partial charge in [-0.05, 0) is 48.0 Å². The first-order valence-corrected chi connectivity index (χ1v) is 5.35. The SMILES string of the molecule is Ic1ccn([C@@H]2CCCNC2)n1. The van der Waals surface area contributed by atoms with Crippen molar-refractivity contribution in [2.24, 2.45) is 0 Å². The molecule has 2 rings (SSSR count). The molecule has 0 spiro atoms. The van der Waals surface area contributed by atoms with Gasteiger partial charge in [0.1, 0.15) is 3.70 Å². The quantitative estimate of drug-likeness (QED) is 0.787. The average molecular weight is 277 g/mol. The Morgan fingerprint density at radius 3 is 3.17 bits per heavy atom. The van der Waals surface area contributed by atoms with E-state index in [-0.39, 0.29) is 0 Å². The predicted octanol–water partition coefficient (Wildman–Crippen LogP) is 1.41. The number of rotatable bonds is 1. The molecule has 1 aliphatic heterocycles. The first-order valence-electron chi connectivity index (χ1n) is 4.27. The van der Waals surface area contributed by atoms with Gasteiger partial charge in [0.2, 0.25) is 0 Å². The lowest BCUT2D eigenvalue weighted by Crippen LogP contribution is -2.31. The van der Waals surface area contributed by atoms with E-state index in [1.807, 2.05) is 0 Å². The summed E-state index contributed by atoms with van der Waals surface area (Å²) in [6, 6.07) is 2.62. The van der Waals surface area contributed by atoms with Crippen molar-refractivity contribution in [3.63, 3.8) is 0 Å². The van der Waals surface area contributed by atoms with Crippen LogP contribution in [0.5, 0.6) is 0 Å². The molecule has 0 aromatic carbocycles. The summed E-state index contributed by atoms with van der Waals surface area (Å²) in [7, 11) is 0. The molecule has 4 heteroatoms. The summed E-state index contributed by atoms with van der Waals surface area (Å²) in [5.41, 5.74) is 0. The van der Waals surface area contributed by atoms with Gasteiger partial charge in [0.15, 0.2) is 0 Å². The maximum absolute atomic E-state index is 4.40. The maximum Gasteiger partial charge on any atom is 0.123 e. The third-order valence-corrected chi connectivity index (χ3v) is 2.80. The molecule has 1 fully saturated rings. The van der Waals surface area contributed by atoms with Gasteiger partial charge >= 0.3 is 0 Å². The number of halogens is 1. The summed E-state index contributed by atoms with van der Waals surface area (Å²) in [6.45, 7) is 2.23. The highest BCUT2D eigenvalue weighted by atomic mass is 127. The van der Waals surface area contributed by atoms with Crippen molar-refractivity contribution in [2.75, 3.05) is 13.1 Å². The fourth-order valence-electron chi connectivity index (χ4n) is 1.58. The zero-order chi connectivity index (χ0) is 8.39. The van der Waals surface area contributed by atoms with Crippen molar-refractivity contribution < 1.29 is 0 Å². The molecule has 0 bridgehead atoms. The number of nitrogens with zero attached hydrogens (tertiary/aromatic N) is 2. The van der Waals surface area contributed by atoms with Gasteiger partial charge in [-0.15, -0.1) is 0 Å². The van der Waals surface area contributed by atoms with Gasteiger partial charge in [-0.3, -0.25) is 4.68 Å². The lowest BCUT2D eigenvalue weighted by molar-refractivity contribution is 0.346. The molecule has 0 unspecified atom stereocenters. The van der Waals surface area contributed by atoms with Crippen LogP contribution in [-0.4, -0.2) is 22.9 Å². The Bertz CT molecular complexity index is 253. The predicted molar refractivity (Wildman–Crippen MR) is 56.1 cm³/mol. The van der Waals surface area contributed by atoms with Gasteiger partial charge in [-0.2, -0.15) is 5.10 Å². The zero-order valence-electron chi connectivity index (χ0n) is 6.83. The minimum absolute atomic E-state index is 0.572. The van der Waals surface area contributed by atoms with E-state index in [9.17, 15) is 0 Å². The topological polar surface area (TPSA) is 29.9 Å². The van der Waals surface area contributed by atoms with E-state index in [1.54, 1.807) is 0 Å². The van der Waals surface area contributed by atoms with Crippen LogP contribution >= 0.6 is 22.6 Å². The molecule has 1 N–H and O–H groups in total. The van der Waals surface area contributed by atoms with Gasteiger partial charge in [0, 0.05) is 12.7 Å². The van der Waals surface area contributed by atoms with Crippen LogP contribution in [0, 0.1) is 3.70 Å². The van der Waals surface area contributed by atoms with E-state index in [0.717, 1.165) is 16.8 Å². The summed E-state index contributed by atoms with van der Waals surface area (Å²) in [6.07, 6.45) is 4.59. The Kier molecular flexibility index (Phi) is 2.65. The van der Waals surface area contributed by atoms with Crippen molar-refractivity contribution in [3.8, 4) is 0 Å². The number of aromatic nitrogens is 2. The van der Waals surface area contributed by atoms with Crippen LogP contribution in [0.3, 0.4) is 0 Å². The van der Waals surface area contributed by atoms with Gasteiger partial charge < -0.3 is 5.32 Å². The molecule has 1 aromatic rings. The Balaban J connectivity index is 2.08. The highest BCUT2D eigenvalue weighted by Gasteiger charge is 2.14. The molecule has 1 aliphatic rings. The van der Waals surface area contributed by atoms with Gasteiger partial charge in [0.25, 0.3) is 0 Å². The van der Waals surface area contributed by atoms with Crippen molar-refractivity contribution >= 4 is 22.6 Å². The molecule has 1 aromatic heterocycles. The number of hydrogen-bond acceptors (Lipinski definition) is 2. The Morgan fingerprint density at radius 1 is 1.67 bits per heavy atom. The number of hydrogen-bond donors (Lipinski definition) is 1. The minimum atomic E-state index is 0.572. The van der Waals surface area contributed by atoms with E-state index in [1.165, 1.54) is 12.8 Å². The fraction of sp³-hybridized carbons (Fsp3) is 0.625. The summed E-state index contributed by atoms with van der Waals surface area (Å²) in [5.74, 6) is 0. The zero-order valence-corrected chi connectivity index (χ0v) is 8.99. The maximum atomic E-state index is 4.40. The van der Waals surface area contributed by atoms with E-state index < -0.39 is 0 Å². The van der Waals surface area contributed by atoms with Crippen LogP contribution in [0.25, 0.3) is 0 Å². The van der Waals surface area contributed by atoms with Crippen LogP contribution in [0.4, 0.5) is 0 Å². The Labute approximate surface area is 85.7 Å². The lowest BCUT2D eigenvalue weighted by Gasteiger charge is -2.22. The van der Waals surface area contributed by atoms with E-state index in [4.69, 9.17) is 0 Å². The molecule has 3 nitrogen and oxygen atoms in total. The largest absolute Gasteiger partial charge is 0.315 e. The van der Waals surface area contributed by atoms with Crippen molar-refractivity contribution in [1.29, 1.82) is 0 Å². The minimum Gasteiger partial charge on any atom is -0.315 e. The van der Waals surface area contributed by atoms with Gasteiger partial charge in [-0.1, -0.05) is 0 Å².